The molecule has 0 N–H and O–H groups in total. The van der Waals surface area contributed by atoms with Gasteiger partial charge in [0.25, 0.3) is 0 Å². The minimum Gasteiger partial charge on any atom is -0.493 e. The van der Waals surface area contributed by atoms with Crippen molar-refractivity contribution in [1.29, 1.82) is 5.26 Å². The average Bonchev–Trinajstić information content (AvgIpc) is 2.59. The van der Waals surface area contributed by atoms with E-state index in [1.54, 1.807) is 18.2 Å². The van der Waals surface area contributed by atoms with Crippen LogP contribution < -0.4 is 9.47 Å². The fourth-order valence-corrected chi connectivity index (χ4v) is 2.21. The number of alkyl halides is 3. The largest absolute Gasteiger partial charge is 0.493 e. The summed E-state index contributed by atoms with van der Waals surface area (Å²) in [5, 5.41) is 9.42. The monoisotopic (exact) mass is 362 g/mol. The summed E-state index contributed by atoms with van der Waals surface area (Å²) in [5.41, 5.74) is -0.0561. The van der Waals surface area contributed by atoms with Gasteiger partial charge in [-0.2, -0.15) is 18.4 Å². The summed E-state index contributed by atoms with van der Waals surface area (Å²) < 4.78 is 49.0. The van der Waals surface area contributed by atoms with Crippen LogP contribution in [-0.2, 0) is 6.18 Å². The molecule has 2 rings (SSSR count). The number of aromatic nitrogens is 1. The van der Waals surface area contributed by atoms with E-state index < -0.39 is 11.7 Å². The molecule has 0 spiro atoms. The summed E-state index contributed by atoms with van der Waals surface area (Å²) in [6.07, 6.45) is -2.39. The number of para-hydroxylation sites is 1. The topological polar surface area (TPSA) is 55.1 Å². The number of halogens is 3. The first-order chi connectivity index (χ1) is 12.3. The summed E-state index contributed by atoms with van der Waals surface area (Å²) in [4.78, 5) is 3.76. The molecule has 0 aliphatic carbocycles. The number of benzene rings is 1. The molecule has 4 nitrogen and oxygen atoms in total. The molecule has 0 unspecified atom stereocenters. The van der Waals surface area contributed by atoms with Crippen LogP contribution in [0.15, 0.2) is 36.5 Å². The smallest absolute Gasteiger partial charge is 0.417 e. The van der Waals surface area contributed by atoms with Crippen molar-refractivity contribution in [3.63, 3.8) is 0 Å². The fraction of sp³-hybridized carbons (Fsp3) is 0.263. The summed E-state index contributed by atoms with van der Waals surface area (Å²) in [5.74, 6) is 0.940. The average molecular weight is 362 g/mol. The summed E-state index contributed by atoms with van der Waals surface area (Å²) in [7, 11) is 1.50. The highest BCUT2D eigenvalue weighted by molar-refractivity contribution is 5.89. The zero-order valence-electron chi connectivity index (χ0n) is 14.5. The second-order valence-corrected chi connectivity index (χ2v) is 5.64. The minimum absolute atomic E-state index is 0.112. The van der Waals surface area contributed by atoms with Crippen molar-refractivity contribution in [3.05, 3.63) is 53.3 Å². The van der Waals surface area contributed by atoms with E-state index in [1.165, 1.54) is 19.3 Å². The standard InChI is InChI=1S/C19H17F3N2O2/c1-12(2)26-18-13(5-4-6-17(18)25-3)9-14(10-23)16-8-7-15(11-24-16)19(20,21)22/h4-9,11-12H,1-3H3. The molecular formula is C19H17F3N2O2. The van der Waals surface area contributed by atoms with Crippen molar-refractivity contribution < 1.29 is 22.6 Å². The third-order valence-corrected chi connectivity index (χ3v) is 3.37. The van der Waals surface area contributed by atoms with Crippen molar-refractivity contribution in [3.8, 4) is 17.6 Å². The van der Waals surface area contributed by atoms with Gasteiger partial charge in [-0.25, -0.2) is 0 Å². The molecule has 7 heteroatoms. The lowest BCUT2D eigenvalue weighted by Crippen LogP contribution is -2.08. The normalized spacial score (nSPS) is 12.0. The highest BCUT2D eigenvalue weighted by atomic mass is 19.4. The zero-order chi connectivity index (χ0) is 19.3. The number of hydrogen-bond donors (Lipinski definition) is 0. The molecule has 136 valence electrons. The molecule has 0 saturated carbocycles. The molecule has 0 amide bonds. The van der Waals surface area contributed by atoms with Crippen LogP contribution in [0.3, 0.4) is 0 Å². The second-order valence-electron chi connectivity index (χ2n) is 5.64. The van der Waals surface area contributed by atoms with E-state index in [9.17, 15) is 18.4 Å². The predicted molar refractivity (Wildman–Crippen MR) is 91.5 cm³/mol. The van der Waals surface area contributed by atoms with Crippen LogP contribution in [0.25, 0.3) is 11.6 Å². The second kappa shape index (κ2) is 7.91. The third-order valence-electron chi connectivity index (χ3n) is 3.37. The Morgan fingerprint density at radius 1 is 1.23 bits per heavy atom. The van der Waals surface area contributed by atoms with E-state index in [0.29, 0.717) is 23.3 Å². The number of rotatable bonds is 5. The number of hydrogen-bond acceptors (Lipinski definition) is 4. The molecule has 0 fully saturated rings. The quantitative estimate of drug-likeness (QED) is 0.706. The molecule has 1 aromatic carbocycles. The van der Waals surface area contributed by atoms with Gasteiger partial charge in [0.15, 0.2) is 11.5 Å². The van der Waals surface area contributed by atoms with Gasteiger partial charge < -0.3 is 9.47 Å². The van der Waals surface area contributed by atoms with E-state index in [1.807, 2.05) is 19.9 Å². The molecule has 0 aliphatic rings. The molecular weight excluding hydrogens is 345 g/mol. The number of ether oxygens (including phenoxy) is 2. The summed E-state index contributed by atoms with van der Waals surface area (Å²) in [6.45, 7) is 3.70. The van der Waals surface area contributed by atoms with Crippen LogP contribution >= 0.6 is 0 Å². The van der Waals surface area contributed by atoms with Gasteiger partial charge in [-0.05, 0) is 38.1 Å². The molecule has 0 saturated heterocycles. The van der Waals surface area contributed by atoms with Gasteiger partial charge in [-0.3, -0.25) is 4.98 Å². The Hall–Kier alpha value is -3.01. The Morgan fingerprint density at radius 3 is 2.46 bits per heavy atom. The fourth-order valence-electron chi connectivity index (χ4n) is 2.21. The molecule has 0 aliphatic heterocycles. The van der Waals surface area contributed by atoms with Gasteiger partial charge in [0, 0.05) is 11.8 Å². The Kier molecular flexibility index (Phi) is 5.88. The minimum atomic E-state index is -4.48. The number of methoxy groups -OCH3 is 1. The molecule has 0 radical (unpaired) electrons. The lowest BCUT2D eigenvalue weighted by molar-refractivity contribution is -0.137. The van der Waals surface area contributed by atoms with Crippen molar-refractivity contribution in [2.45, 2.75) is 26.1 Å². The Bertz CT molecular complexity index is 835. The van der Waals surface area contributed by atoms with Crippen LogP contribution in [0, 0.1) is 11.3 Å². The lowest BCUT2D eigenvalue weighted by atomic mass is 10.1. The van der Waals surface area contributed by atoms with E-state index in [2.05, 4.69) is 4.98 Å². The lowest BCUT2D eigenvalue weighted by Gasteiger charge is -2.16. The number of nitriles is 1. The highest BCUT2D eigenvalue weighted by Crippen LogP contribution is 2.34. The molecule has 26 heavy (non-hydrogen) atoms. The maximum absolute atomic E-state index is 12.7. The third kappa shape index (κ3) is 4.54. The van der Waals surface area contributed by atoms with Crippen molar-refractivity contribution in [2.24, 2.45) is 0 Å². The van der Waals surface area contributed by atoms with E-state index in [4.69, 9.17) is 9.47 Å². The number of pyridine rings is 1. The van der Waals surface area contributed by atoms with Crippen LogP contribution in [0.2, 0.25) is 0 Å². The first-order valence-corrected chi connectivity index (χ1v) is 7.75. The predicted octanol–water partition coefficient (Wildman–Crippen LogP) is 4.96. The van der Waals surface area contributed by atoms with Gasteiger partial charge in [0.05, 0.1) is 30.0 Å². The van der Waals surface area contributed by atoms with Crippen LogP contribution in [0.4, 0.5) is 13.2 Å². The Morgan fingerprint density at radius 2 is 1.96 bits per heavy atom. The first-order valence-electron chi connectivity index (χ1n) is 7.75. The number of allylic oxidation sites excluding steroid dienone is 1. The summed E-state index contributed by atoms with van der Waals surface area (Å²) in [6, 6.07) is 9.20. The van der Waals surface area contributed by atoms with Gasteiger partial charge in [-0.15, -0.1) is 0 Å². The Balaban J connectivity index is 2.48. The number of nitrogens with zero attached hydrogens (tertiary/aromatic N) is 2. The molecule has 1 heterocycles. The van der Waals surface area contributed by atoms with Crippen molar-refractivity contribution in [2.75, 3.05) is 7.11 Å². The van der Waals surface area contributed by atoms with Gasteiger partial charge in [-0.1, -0.05) is 12.1 Å². The van der Waals surface area contributed by atoms with Crippen LogP contribution in [0.5, 0.6) is 11.5 Å². The van der Waals surface area contributed by atoms with E-state index in [0.717, 1.165) is 6.07 Å². The molecule has 0 bridgehead atoms. The van der Waals surface area contributed by atoms with E-state index in [-0.39, 0.29) is 17.4 Å². The molecule has 1 aromatic heterocycles. The van der Waals surface area contributed by atoms with Gasteiger partial charge in [0.2, 0.25) is 0 Å². The summed E-state index contributed by atoms with van der Waals surface area (Å²) >= 11 is 0. The zero-order valence-corrected chi connectivity index (χ0v) is 14.5. The molecule has 0 atom stereocenters. The van der Waals surface area contributed by atoms with E-state index >= 15 is 0 Å². The van der Waals surface area contributed by atoms with Crippen LogP contribution in [0.1, 0.15) is 30.7 Å². The molecule has 2 aromatic rings. The first kappa shape index (κ1) is 19.3. The maximum Gasteiger partial charge on any atom is 0.417 e. The SMILES string of the molecule is COc1cccc(C=C(C#N)c2ccc(C(F)(F)F)cn2)c1OC(C)C. The van der Waals surface area contributed by atoms with Gasteiger partial charge in [0.1, 0.15) is 6.07 Å². The van der Waals surface area contributed by atoms with Gasteiger partial charge >= 0.3 is 6.18 Å². The van der Waals surface area contributed by atoms with Crippen molar-refractivity contribution >= 4 is 11.6 Å². The highest BCUT2D eigenvalue weighted by Gasteiger charge is 2.30. The Labute approximate surface area is 149 Å². The van der Waals surface area contributed by atoms with Crippen LogP contribution in [-0.4, -0.2) is 18.2 Å². The van der Waals surface area contributed by atoms with Crippen molar-refractivity contribution in [1.82, 2.24) is 4.98 Å². The maximum atomic E-state index is 12.7.